The number of hydrogen-bond acceptors (Lipinski definition) is 5. The van der Waals surface area contributed by atoms with Crippen molar-refractivity contribution >= 4 is 49.2 Å². The molecule has 1 saturated carbocycles. The normalized spacial score (nSPS) is 14.9. The van der Waals surface area contributed by atoms with E-state index in [1.54, 1.807) is 0 Å². The maximum Gasteiger partial charge on any atom is 0.345 e. The number of carbonyl (C=O) groups is 2. The van der Waals surface area contributed by atoms with Crippen LogP contribution in [0, 0.1) is 5.92 Å². The molecule has 0 aromatic carbocycles. The Hall–Kier alpha value is -0.970. The quantitative estimate of drug-likeness (QED) is 0.595. The maximum atomic E-state index is 12.0. The summed E-state index contributed by atoms with van der Waals surface area (Å²) in [5.74, 6) is -1.16. The predicted molar refractivity (Wildman–Crippen MR) is 79.9 cm³/mol. The van der Waals surface area contributed by atoms with E-state index in [1.807, 2.05) is 0 Å². The van der Waals surface area contributed by atoms with Crippen LogP contribution in [0.15, 0.2) is 14.7 Å². The Morgan fingerprint density at radius 2 is 2.05 bits per heavy atom. The molecule has 1 fully saturated rings. The highest BCUT2D eigenvalue weighted by atomic mass is 79.9. The van der Waals surface area contributed by atoms with Gasteiger partial charge in [0, 0.05) is 19.0 Å². The van der Waals surface area contributed by atoms with Crippen LogP contribution in [0.2, 0.25) is 0 Å². The van der Waals surface area contributed by atoms with Crippen LogP contribution in [-0.4, -0.2) is 38.5 Å². The standard InChI is InChI=1S/C11H13BrN2O5S2/c12-9-8(5-7(20-9)11(16)17)21(18,19)14-4-3-13-10(15)6-1-2-6/h5-6,14H,1-4H2,(H,13,15)(H,16,17). The maximum absolute atomic E-state index is 12.0. The number of carboxylic acid groups (broad SMARTS) is 1. The van der Waals surface area contributed by atoms with Crippen LogP contribution in [0.1, 0.15) is 22.5 Å². The van der Waals surface area contributed by atoms with Crippen molar-refractivity contribution in [1.82, 2.24) is 10.0 Å². The number of amides is 1. The zero-order chi connectivity index (χ0) is 15.6. The lowest BCUT2D eigenvalue weighted by molar-refractivity contribution is -0.122. The Kier molecular flexibility index (Phi) is 5.02. The molecule has 0 saturated heterocycles. The van der Waals surface area contributed by atoms with Gasteiger partial charge in [0.05, 0.1) is 3.79 Å². The molecule has 0 bridgehead atoms. The van der Waals surface area contributed by atoms with Gasteiger partial charge < -0.3 is 10.4 Å². The van der Waals surface area contributed by atoms with Crippen LogP contribution in [0.4, 0.5) is 0 Å². The number of rotatable bonds is 7. The van der Waals surface area contributed by atoms with Gasteiger partial charge in [0.2, 0.25) is 15.9 Å². The first kappa shape index (κ1) is 16.4. The van der Waals surface area contributed by atoms with E-state index in [0.717, 1.165) is 30.2 Å². The molecule has 0 radical (unpaired) electrons. The molecule has 1 amide bonds. The lowest BCUT2D eigenvalue weighted by atomic mass is 10.4. The average Bonchev–Trinajstić information content (AvgIpc) is 3.16. The van der Waals surface area contributed by atoms with Crippen molar-refractivity contribution < 1.29 is 23.1 Å². The van der Waals surface area contributed by atoms with Crippen LogP contribution in [0.25, 0.3) is 0 Å². The molecule has 1 aliphatic rings. The highest BCUT2D eigenvalue weighted by molar-refractivity contribution is 9.11. The van der Waals surface area contributed by atoms with Crippen molar-refractivity contribution in [3.63, 3.8) is 0 Å². The Balaban J connectivity index is 1.91. The van der Waals surface area contributed by atoms with Gasteiger partial charge in [-0.2, -0.15) is 0 Å². The Labute approximate surface area is 133 Å². The third-order valence-corrected chi connectivity index (χ3v) is 6.52. The topological polar surface area (TPSA) is 113 Å². The second-order valence-electron chi connectivity index (χ2n) is 4.52. The summed E-state index contributed by atoms with van der Waals surface area (Å²) in [4.78, 5) is 22.0. The van der Waals surface area contributed by atoms with Crippen molar-refractivity contribution in [3.05, 3.63) is 14.7 Å². The van der Waals surface area contributed by atoms with Gasteiger partial charge in [-0.15, -0.1) is 11.3 Å². The van der Waals surface area contributed by atoms with Crippen LogP contribution in [0.3, 0.4) is 0 Å². The second kappa shape index (κ2) is 6.42. The molecule has 7 nitrogen and oxygen atoms in total. The summed E-state index contributed by atoms with van der Waals surface area (Å²) in [6, 6.07) is 1.10. The predicted octanol–water partition coefficient (Wildman–Crippen LogP) is 1.01. The molecule has 116 valence electrons. The van der Waals surface area contributed by atoms with Crippen LogP contribution in [0.5, 0.6) is 0 Å². The molecule has 21 heavy (non-hydrogen) atoms. The van der Waals surface area contributed by atoms with E-state index in [-0.39, 0.29) is 38.5 Å². The number of nitrogens with one attached hydrogen (secondary N) is 2. The summed E-state index contributed by atoms with van der Waals surface area (Å²) < 4.78 is 26.6. The van der Waals surface area contributed by atoms with E-state index in [2.05, 4.69) is 26.0 Å². The van der Waals surface area contributed by atoms with Crippen molar-refractivity contribution in [3.8, 4) is 0 Å². The number of aromatic carboxylic acids is 1. The number of thiophene rings is 1. The van der Waals surface area contributed by atoms with Gasteiger partial charge in [0.25, 0.3) is 0 Å². The molecule has 3 N–H and O–H groups in total. The third kappa shape index (κ3) is 4.25. The van der Waals surface area contributed by atoms with Gasteiger partial charge in [-0.25, -0.2) is 17.9 Å². The van der Waals surface area contributed by atoms with Gasteiger partial charge in [0.15, 0.2) is 0 Å². The molecule has 0 aliphatic heterocycles. The van der Waals surface area contributed by atoms with E-state index in [9.17, 15) is 18.0 Å². The van der Waals surface area contributed by atoms with Gasteiger partial charge in [0.1, 0.15) is 9.77 Å². The molecule has 2 rings (SSSR count). The molecular formula is C11H13BrN2O5S2. The largest absolute Gasteiger partial charge is 0.477 e. The van der Waals surface area contributed by atoms with Crippen molar-refractivity contribution in [2.24, 2.45) is 5.92 Å². The number of halogens is 1. The van der Waals surface area contributed by atoms with Crippen molar-refractivity contribution in [2.45, 2.75) is 17.7 Å². The van der Waals surface area contributed by atoms with Gasteiger partial charge >= 0.3 is 5.97 Å². The molecule has 10 heteroatoms. The molecule has 1 aromatic rings. The molecule has 1 aliphatic carbocycles. The fourth-order valence-electron chi connectivity index (χ4n) is 1.58. The number of carboxylic acids is 1. The minimum atomic E-state index is -3.81. The number of hydrogen-bond donors (Lipinski definition) is 3. The third-order valence-electron chi connectivity index (χ3n) is 2.82. The van der Waals surface area contributed by atoms with Crippen LogP contribution >= 0.6 is 27.3 Å². The fraction of sp³-hybridized carbons (Fsp3) is 0.455. The number of carbonyl (C=O) groups excluding carboxylic acids is 1. The molecule has 1 aromatic heterocycles. The zero-order valence-electron chi connectivity index (χ0n) is 10.8. The number of sulfonamides is 1. The molecule has 1 heterocycles. The Bertz CT molecular complexity index is 666. The summed E-state index contributed by atoms with van der Waals surface area (Å²) >= 11 is 3.88. The van der Waals surface area contributed by atoms with Crippen LogP contribution < -0.4 is 10.0 Å². The fourth-order valence-corrected chi connectivity index (χ4v) is 5.01. The van der Waals surface area contributed by atoms with Gasteiger partial charge in [-0.05, 0) is 34.8 Å². The summed E-state index contributed by atoms with van der Waals surface area (Å²) in [5.41, 5.74) is 0. The Morgan fingerprint density at radius 3 is 2.57 bits per heavy atom. The zero-order valence-corrected chi connectivity index (χ0v) is 14.0. The summed E-state index contributed by atoms with van der Waals surface area (Å²) in [6.07, 6.45) is 1.77. The first-order valence-corrected chi connectivity index (χ1v) is 9.20. The van der Waals surface area contributed by atoms with Gasteiger partial charge in [-0.1, -0.05) is 0 Å². The first-order valence-electron chi connectivity index (χ1n) is 6.11. The van der Waals surface area contributed by atoms with E-state index in [4.69, 9.17) is 5.11 Å². The van der Waals surface area contributed by atoms with E-state index >= 15 is 0 Å². The molecular weight excluding hydrogens is 384 g/mol. The van der Waals surface area contributed by atoms with Gasteiger partial charge in [-0.3, -0.25) is 4.79 Å². The second-order valence-corrected chi connectivity index (χ2v) is 8.62. The minimum Gasteiger partial charge on any atom is -0.477 e. The molecule has 0 spiro atoms. The lowest BCUT2D eigenvalue weighted by Crippen LogP contribution is -2.35. The Morgan fingerprint density at radius 1 is 1.38 bits per heavy atom. The first-order chi connectivity index (χ1) is 9.81. The summed E-state index contributed by atoms with van der Waals surface area (Å²) in [6.45, 7) is 0.244. The van der Waals surface area contributed by atoms with E-state index < -0.39 is 16.0 Å². The lowest BCUT2D eigenvalue weighted by Gasteiger charge is -2.07. The SMILES string of the molecule is O=C(O)c1cc(S(=O)(=O)NCCNC(=O)C2CC2)c(Br)s1. The molecule has 0 atom stereocenters. The monoisotopic (exact) mass is 396 g/mol. The highest BCUT2D eigenvalue weighted by Gasteiger charge is 2.29. The van der Waals surface area contributed by atoms with Crippen molar-refractivity contribution in [2.75, 3.05) is 13.1 Å². The van der Waals surface area contributed by atoms with Crippen molar-refractivity contribution in [1.29, 1.82) is 0 Å². The average molecular weight is 397 g/mol. The smallest absolute Gasteiger partial charge is 0.345 e. The molecule has 0 unspecified atom stereocenters. The summed E-state index contributed by atoms with van der Waals surface area (Å²) in [5, 5.41) is 11.5. The summed E-state index contributed by atoms with van der Waals surface area (Å²) in [7, 11) is -3.81. The van der Waals surface area contributed by atoms with Crippen LogP contribution in [-0.2, 0) is 14.8 Å². The van der Waals surface area contributed by atoms with E-state index in [1.165, 1.54) is 0 Å². The minimum absolute atomic E-state index is 0.0471. The van der Waals surface area contributed by atoms with E-state index in [0.29, 0.717) is 0 Å². The highest BCUT2D eigenvalue weighted by Crippen LogP contribution is 2.31.